The van der Waals surface area contributed by atoms with Gasteiger partial charge in [-0.3, -0.25) is 0 Å². The summed E-state index contributed by atoms with van der Waals surface area (Å²) in [4.78, 5) is 0. The van der Waals surface area contributed by atoms with Gasteiger partial charge in [-0.1, -0.05) is 33.6 Å². The molecule has 14 heavy (non-hydrogen) atoms. The largest absolute Gasteiger partial charge is 0.303 e. The van der Waals surface area contributed by atoms with Crippen LogP contribution in [0.25, 0.3) is 0 Å². The molecule has 0 aliphatic rings. The van der Waals surface area contributed by atoms with Crippen LogP contribution in [-0.2, 0) is 0 Å². The second-order valence-electron chi connectivity index (χ2n) is 4.76. The lowest BCUT2D eigenvalue weighted by Gasteiger charge is -2.21. The minimum Gasteiger partial charge on any atom is -0.303 e. The molecule has 0 aliphatic heterocycles. The Balaban J connectivity index is 3.88. The maximum Gasteiger partial charge on any atom is 0.0578 e. The fraction of sp³-hybridized carbons (Fsp3) is 0.846. The Kier molecular flexibility index (Phi) is 7.61. The third kappa shape index (κ3) is 8.13. The molecule has 1 nitrogen and oxygen atoms in total. The number of hydrogen-bond acceptors (Lipinski definition) is 1. The van der Waals surface area contributed by atoms with E-state index >= 15 is 0 Å². The van der Waals surface area contributed by atoms with Crippen molar-refractivity contribution < 1.29 is 0 Å². The predicted molar refractivity (Wildman–Crippen MR) is 64.2 cm³/mol. The van der Waals surface area contributed by atoms with Crippen molar-refractivity contribution >= 4 is 0 Å². The average molecular weight is 195 g/mol. The molecule has 1 N–H and O–H groups in total. The molecule has 0 spiro atoms. The molecular formula is C13H25N. The first kappa shape index (κ1) is 13.5. The van der Waals surface area contributed by atoms with E-state index in [1.54, 1.807) is 0 Å². The van der Waals surface area contributed by atoms with Crippen LogP contribution in [0.1, 0.15) is 47.5 Å². The second-order valence-corrected chi connectivity index (χ2v) is 4.76. The predicted octanol–water partition coefficient (Wildman–Crippen LogP) is 3.06. The molecule has 82 valence electrons. The molecule has 0 saturated heterocycles. The molecule has 0 aromatic heterocycles. The highest BCUT2D eigenvalue weighted by molar-refractivity contribution is 4.97. The summed E-state index contributed by atoms with van der Waals surface area (Å²) < 4.78 is 0. The van der Waals surface area contributed by atoms with E-state index in [-0.39, 0.29) is 0 Å². The van der Waals surface area contributed by atoms with E-state index in [1.165, 1.54) is 12.8 Å². The summed E-state index contributed by atoms with van der Waals surface area (Å²) in [5.74, 6) is 7.51. The highest BCUT2D eigenvalue weighted by Gasteiger charge is 2.11. The fourth-order valence-corrected chi connectivity index (χ4v) is 1.68. The monoisotopic (exact) mass is 195 g/mol. The molecule has 0 aromatic carbocycles. The smallest absolute Gasteiger partial charge is 0.0578 e. The van der Waals surface area contributed by atoms with Gasteiger partial charge >= 0.3 is 0 Å². The number of rotatable bonds is 6. The Morgan fingerprint density at radius 2 is 1.50 bits per heavy atom. The van der Waals surface area contributed by atoms with E-state index in [1.807, 2.05) is 6.92 Å². The summed E-state index contributed by atoms with van der Waals surface area (Å²) in [6.07, 6.45) is 2.51. The van der Waals surface area contributed by atoms with Gasteiger partial charge in [0.25, 0.3) is 0 Å². The Morgan fingerprint density at radius 3 is 1.86 bits per heavy atom. The van der Waals surface area contributed by atoms with E-state index in [0.29, 0.717) is 6.04 Å². The topological polar surface area (TPSA) is 12.0 Å². The van der Waals surface area contributed by atoms with Crippen LogP contribution >= 0.6 is 0 Å². The van der Waals surface area contributed by atoms with Gasteiger partial charge in [-0.15, -0.1) is 5.92 Å². The molecule has 0 radical (unpaired) electrons. The van der Waals surface area contributed by atoms with Crippen molar-refractivity contribution in [3.05, 3.63) is 0 Å². The van der Waals surface area contributed by atoms with Crippen LogP contribution in [0, 0.1) is 23.7 Å². The van der Waals surface area contributed by atoms with Crippen molar-refractivity contribution in [2.45, 2.75) is 53.5 Å². The van der Waals surface area contributed by atoms with Crippen molar-refractivity contribution in [3.8, 4) is 11.8 Å². The summed E-state index contributed by atoms with van der Waals surface area (Å²) in [6, 6.07) is 0.635. The lowest BCUT2D eigenvalue weighted by atomic mass is 9.96. The molecule has 0 amide bonds. The first-order valence-corrected chi connectivity index (χ1v) is 5.69. The third-order valence-electron chi connectivity index (χ3n) is 2.17. The summed E-state index contributed by atoms with van der Waals surface area (Å²) in [5, 5.41) is 3.51. The highest BCUT2D eigenvalue weighted by atomic mass is 14.9. The third-order valence-corrected chi connectivity index (χ3v) is 2.17. The van der Waals surface area contributed by atoms with Crippen molar-refractivity contribution in [1.82, 2.24) is 5.32 Å². The van der Waals surface area contributed by atoms with Crippen molar-refractivity contribution in [1.29, 1.82) is 0 Å². The van der Waals surface area contributed by atoms with Gasteiger partial charge in [0.05, 0.1) is 6.54 Å². The Hall–Kier alpha value is -0.480. The summed E-state index contributed by atoms with van der Waals surface area (Å²) in [5.41, 5.74) is 0. The molecule has 0 fully saturated rings. The van der Waals surface area contributed by atoms with Crippen molar-refractivity contribution in [3.63, 3.8) is 0 Å². The van der Waals surface area contributed by atoms with Gasteiger partial charge in [-0.25, -0.2) is 0 Å². The Morgan fingerprint density at radius 1 is 1.00 bits per heavy atom. The van der Waals surface area contributed by atoms with Gasteiger partial charge < -0.3 is 5.32 Å². The zero-order valence-corrected chi connectivity index (χ0v) is 10.4. The number of hydrogen-bond donors (Lipinski definition) is 1. The van der Waals surface area contributed by atoms with Crippen LogP contribution in [0.2, 0.25) is 0 Å². The van der Waals surface area contributed by atoms with Crippen LogP contribution in [0.15, 0.2) is 0 Å². The van der Waals surface area contributed by atoms with E-state index in [2.05, 4.69) is 44.9 Å². The van der Waals surface area contributed by atoms with Crippen LogP contribution in [0.3, 0.4) is 0 Å². The van der Waals surface area contributed by atoms with E-state index in [4.69, 9.17) is 0 Å². The van der Waals surface area contributed by atoms with Crippen LogP contribution in [0.5, 0.6) is 0 Å². The van der Waals surface area contributed by atoms with Gasteiger partial charge in [0.1, 0.15) is 0 Å². The van der Waals surface area contributed by atoms with E-state index < -0.39 is 0 Å². The van der Waals surface area contributed by atoms with Crippen LogP contribution in [-0.4, -0.2) is 12.6 Å². The normalized spacial score (nSPS) is 10.9. The Bertz CT molecular complexity index is 173. The highest BCUT2D eigenvalue weighted by Crippen LogP contribution is 2.12. The van der Waals surface area contributed by atoms with Gasteiger partial charge in [-0.05, 0) is 31.6 Å². The molecule has 0 saturated carbocycles. The van der Waals surface area contributed by atoms with Gasteiger partial charge in [0.15, 0.2) is 0 Å². The van der Waals surface area contributed by atoms with Crippen molar-refractivity contribution in [2.24, 2.45) is 11.8 Å². The molecule has 0 aliphatic carbocycles. The van der Waals surface area contributed by atoms with Gasteiger partial charge in [-0.2, -0.15) is 0 Å². The second kappa shape index (κ2) is 7.88. The zero-order valence-electron chi connectivity index (χ0n) is 10.4. The minimum absolute atomic E-state index is 0.635. The average Bonchev–Trinajstić information content (AvgIpc) is 2.02. The van der Waals surface area contributed by atoms with Gasteiger partial charge in [0, 0.05) is 6.04 Å². The first-order chi connectivity index (χ1) is 6.56. The molecule has 0 unspecified atom stereocenters. The maximum atomic E-state index is 3.51. The quantitative estimate of drug-likeness (QED) is 0.642. The molecule has 1 heteroatoms. The van der Waals surface area contributed by atoms with E-state index in [9.17, 15) is 0 Å². The van der Waals surface area contributed by atoms with Crippen LogP contribution < -0.4 is 5.32 Å². The molecule has 0 heterocycles. The lowest BCUT2D eigenvalue weighted by molar-refractivity contribution is 0.371. The fourth-order valence-electron chi connectivity index (χ4n) is 1.68. The summed E-state index contributed by atoms with van der Waals surface area (Å²) in [7, 11) is 0. The lowest BCUT2D eigenvalue weighted by Crippen LogP contribution is -2.32. The molecule has 0 aromatic rings. The summed E-state index contributed by atoms with van der Waals surface area (Å²) >= 11 is 0. The maximum absolute atomic E-state index is 3.51. The molecular weight excluding hydrogens is 170 g/mol. The standard InChI is InChI=1S/C13H25N/c1-6-7-8-14-13(9-11(2)3)10-12(4)5/h11-14H,8-10H2,1-5H3. The minimum atomic E-state index is 0.635. The zero-order chi connectivity index (χ0) is 11.0. The van der Waals surface area contributed by atoms with Gasteiger partial charge in [0.2, 0.25) is 0 Å². The summed E-state index contributed by atoms with van der Waals surface area (Å²) in [6.45, 7) is 11.8. The number of nitrogens with one attached hydrogen (secondary N) is 1. The molecule has 0 bridgehead atoms. The van der Waals surface area contributed by atoms with Crippen molar-refractivity contribution in [2.75, 3.05) is 6.54 Å². The Labute approximate surface area is 89.7 Å². The molecule has 0 atom stereocenters. The molecule has 0 rings (SSSR count). The SMILES string of the molecule is CC#CCNC(CC(C)C)CC(C)C. The van der Waals surface area contributed by atoms with E-state index in [0.717, 1.165) is 18.4 Å². The van der Waals surface area contributed by atoms with Crippen LogP contribution in [0.4, 0.5) is 0 Å². The first-order valence-electron chi connectivity index (χ1n) is 5.69.